The fourth-order valence-electron chi connectivity index (χ4n) is 2.21. The number of hydrogen-bond donors (Lipinski definition) is 2. The topological polar surface area (TPSA) is 24.1 Å². The zero-order chi connectivity index (χ0) is 10.9. The highest BCUT2D eigenvalue weighted by molar-refractivity contribution is 4.72. The Morgan fingerprint density at radius 3 is 2.80 bits per heavy atom. The summed E-state index contributed by atoms with van der Waals surface area (Å²) in [6, 6.07) is 0.788. The fourth-order valence-corrected chi connectivity index (χ4v) is 2.21. The van der Waals surface area contributed by atoms with Gasteiger partial charge in [0.05, 0.1) is 0 Å². The second kappa shape index (κ2) is 8.12. The van der Waals surface area contributed by atoms with E-state index < -0.39 is 0 Å². The van der Waals surface area contributed by atoms with Crippen LogP contribution in [0.2, 0.25) is 0 Å². The molecule has 1 unspecified atom stereocenters. The Morgan fingerprint density at radius 1 is 1.27 bits per heavy atom. The molecule has 2 N–H and O–H groups in total. The summed E-state index contributed by atoms with van der Waals surface area (Å²) < 4.78 is 0. The van der Waals surface area contributed by atoms with Gasteiger partial charge in [0.25, 0.3) is 0 Å². The zero-order valence-corrected chi connectivity index (χ0v) is 10.5. The molecule has 0 aromatic rings. The van der Waals surface area contributed by atoms with E-state index >= 15 is 0 Å². The summed E-state index contributed by atoms with van der Waals surface area (Å²) in [4.78, 5) is 0. The predicted molar refractivity (Wildman–Crippen MR) is 67.2 cm³/mol. The Hall–Kier alpha value is -0.0800. The summed E-state index contributed by atoms with van der Waals surface area (Å²) in [6.07, 6.45) is 8.17. The molecule has 1 fully saturated rings. The van der Waals surface area contributed by atoms with Crippen molar-refractivity contribution < 1.29 is 0 Å². The first-order valence-electron chi connectivity index (χ1n) is 6.73. The summed E-state index contributed by atoms with van der Waals surface area (Å²) in [6.45, 7) is 8.22. The highest BCUT2D eigenvalue weighted by Gasteiger charge is 2.10. The van der Waals surface area contributed by atoms with Crippen LogP contribution < -0.4 is 10.6 Å². The summed E-state index contributed by atoms with van der Waals surface area (Å²) in [5.41, 5.74) is 0. The molecule has 0 amide bonds. The molecule has 0 bridgehead atoms. The Kier molecular flexibility index (Phi) is 7.03. The van der Waals surface area contributed by atoms with Gasteiger partial charge in [-0.15, -0.1) is 0 Å². The monoisotopic (exact) mass is 212 g/mol. The van der Waals surface area contributed by atoms with Crippen molar-refractivity contribution in [3.63, 3.8) is 0 Å². The van der Waals surface area contributed by atoms with E-state index in [-0.39, 0.29) is 0 Å². The maximum absolute atomic E-state index is 3.59. The lowest BCUT2D eigenvalue weighted by molar-refractivity contribution is 0.375. The smallest absolute Gasteiger partial charge is 0.00791 e. The molecule has 1 heterocycles. The maximum Gasteiger partial charge on any atom is 0.00791 e. The third-order valence-electron chi connectivity index (χ3n) is 3.22. The van der Waals surface area contributed by atoms with E-state index in [1.165, 1.54) is 58.2 Å². The molecule has 1 saturated heterocycles. The van der Waals surface area contributed by atoms with Crippen LogP contribution in [0.1, 0.15) is 52.4 Å². The fraction of sp³-hybridized carbons (Fsp3) is 1.00. The molecule has 0 radical (unpaired) electrons. The number of piperidine rings is 1. The molecule has 1 rings (SSSR count). The molecule has 0 aromatic heterocycles. The third kappa shape index (κ3) is 6.91. The van der Waals surface area contributed by atoms with Gasteiger partial charge in [-0.3, -0.25) is 0 Å². The van der Waals surface area contributed by atoms with Crippen LogP contribution in [0, 0.1) is 5.92 Å². The first kappa shape index (κ1) is 13.0. The first-order chi connectivity index (χ1) is 7.29. The Bertz CT molecular complexity index is 139. The van der Waals surface area contributed by atoms with Crippen molar-refractivity contribution in [3.8, 4) is 0 Å². The average Bonchev–Trinajstić information content (AvgIpc) is 2.24. The predicted octanol–water partition coefficient (Wildman–Crippen LogP) is 2.54. The van der Waals surface area contributed by atoms with Crippen molar-refractivity contribution in [3.05, 3.63) is 0 Å². The van der Waals surface area contributed by atoms with Gasteiger partial charge >= 0.3 is 0 Å². The molecule has 15 heavy (non-hydrogen) atoms. The van der Waals surface area contributed by atoms with Crippen LogP contribution in [0.4, 0.5) is 0 Å². The van der Waals surface area contributed by atoms with Gasteiger partial charge < -0.3 is 10.6 Å². The Morgan fingerprint density at radius 2 is 2.13 bits per heavy atom. The molecule has 2 heteroatoms. The number of hydrogen-bond acceptors (Lipinski definition) is 2. The second-order valence-electron chi connectivity index (χ2n) is 5.22. The molecule has 1 atom stereocenters. The van der Waals surface area contributed by atoms with Crippen molar-refractivity contribution in [2.24, 2.45) is 5.92 Å². The maximum atomic E-state index is 3.59. The molecular formula is C13H28N2. The quantitative estimate of drug-likeness (QED) is 0.634. The van der Waals surface area contributed by atoms with Gasteiger partial charge in [-0.05, 0) is 57.7 Å². The number of nitrogens with one attached hydrogen (secondary N) is 2. The largest absolute Gasteiger partial charge is 0.317 e. The molecular weight excluding hydrogens is 184 g/mol. The van der Waals surface area contributed by atoms with E-state index in [1.807, 2.05) is 0 Å². The van der Waals surface area contributed by atoms with Crippen molar-refractivity contribution in [1.82, 2.24) is 10.6 Å². The van der Waals surface area contributed by atoms with Crippen molar-refractivity contribution in [2.75, 3.05) is 19.6 Å². The highest BCUT2D eigenvalue weighted by atomic mass is 14.9. The molecule has 1 aliphatic rings. The van der Waals surface area contributed by atoms with Gasteiger partial charge in [0, 0.05) is 6.04 Å². The Balaban J connectivity index is 1.83. The zero-order valence-electron chi connectivity index (χ0n) is 10.5. The highest BCUT2D eigenvalue weighted by Crippen LogP contribution is 2.09. The van der Waals surface area contributed by atoms with Gasteiger partial charge in [0.1, 0.15) is 0 Å². The minimum atomic E-state index is 0.788. The van der Waals surface area contributed by atoms with Crippen LogP contribution in [0.5, 0.6) is 0 Å². The Labute approximate surface area is 95.2 Å². The summed E-state index contributed by atoms with van der Waals surface area (Å²) in [5.74, 6) is 0.854. The van der Waals surface area contributed by atoms with Crippen LogP contribution in [0.15, 0.2) is 0 Å². The van der Waals surface area contributed by atoms with Crippen LogP contribution in [-0.2, 0) is 0 Å². The standard InChI is InChI=1S/C13H28N2/c1-12(2)6-5-9-14-11-8-13-7-3-4-10-15-13/h12-15H,3-11H2,1-2H3. The molecule has 0 saturated carbocycles. The molecule has 0 aromatic carbocycles. The second-order valence-corrected chi connectivity index (χ2v) is 5.22. The van der Waals surface area contributed by atoms with E-state index in [4.69, 9.17) is 0 Å². The van der Waals surface area contributed by atoms with E-state index in [9.17, 15) is 0 Å². The van der Waals surface area contributed by atoms with Gasteiger partial charge in [0.15, 0.2) is 0 Å². The SMILES string of the molecule is CC(C)CCCNCCC1CCCCN1. The van der Waals surface area contributed by atoms with Crippen molar-refractivity contribution in [1.29, 1.82) is 0 Å². The van der Waals surface area contributed by atoms with Crippen LogP contribution in [-0.4, -0.2) is 25.7 Å². The van der Waals surface area contributed by atoms with Crippen LogP contribution in [0.3, 0.4) is 0 Å². The van der Waals surface area contributed by atoms with Crippen molar-refractivity contribution in [2.45, 2.75) is 58.4 Å². The van der Waals surface area contributed by atoms with Crippen molar-refractivity contribution >= 4 is 0 Å². The summed E-state index contributed by atoms with van der Waals surface area (Å²) in [7, 11) is 0. The van der Waals surface area contributed by atoms with Gasteiger partial charge in [0.2, 0.25) is 0 Å². The molecule has 1 aliphatic heterocycles. The third-order valence-corrected chi connectivity index (χ3v) is 3.22. The normalized spacial score (nSPS) is 22.2. The van der Waals surface area contributed by atoms with E-state index in [1.54, 1.807) is 0 Å². The lowest BCUT2D eigenvalue weighted by Gasteiger charge is -2.23. The molecule has 2 nitrogen and oxygen atoms in total. The first-order valence-corrected chi connectivity index (χ1v) is 6.73. The van der Waals surface area contributed by atoms with Crippen LogP contribution >= 0.6 is 0 Å². The van der Waals surface area contributed by atoms with E-state index in [0.717, 1.165) is 12.0 Å². The van der Waals surface area contributed by atoms with Gasteiger partial charge in [-0.1, -0.05) is 20.3 Å². The molecule has 0 aliphatic carbocycles. The summed E-state index contributed by atoms with van der Waals surface area (Å²) >= 11 is 0. The summed E-state index contributed by atoms with van der Waals surface area (Å²) in [5, 5.41) is 7.14. The lowest BCUT2D eigenvalue weighted by Crippen LogP contribution is -2.36. The minimum absolute atomic E-state index is 0.788. The number of rotatable bonds is 7. The average molecular weight is 212 g/mol. The van der Waals surface area contributed by atoms with Gasteiger partial charge in [-0.25, -0.2) is 0 Å². The molecule has 0 spiro atoms. The minimum Gasteiger partial charge on any atom is -0.317 e. The lowest BCUT2D eigenvalue weighted by atomic mass is 10.0. The van der Waals surface area contributed by atoms with E-state index in [0.29, 0.717) is 0 Å². The molecule has 90 valence electrons. The van der Waals surface area contributed by atoms with Gasteiger partial charge in [-0.2, -0.15) is 0 Å². The van der Waals surface area contributed by atoms with E-state index in [2.05, 4.69) is 24.5 Å². The van der Waals surface area contributed by atoms with Crippen LogP contribution in [0.25, 0.3) is 0 Å².